The van der Waals surface area contributed by atoms with Gasteiger partial charge in [0.15, 0.2) is 0 Å². The number of methoxy groups -OCH3 is 1. The van der Waals surface area contributed by atoms with Gasteiger partial charge in [0.25, 0.3) is 0 Å². The number of hydrogen-bond donors (Lipinski definition) is 2. The fourth-order valence-corrected chi connectivity index (χ4v) is 1.16. The summed E-state index contributed by atoms with van der Waals surface area (Å²) < 4.78 is 5.03. The van der Waals surface area contributed by atoms with Crippen molar-refractivity contribution in [3.05, 3.63) is 29.8 Å². The predicted molar refractivity (Wildman–Crippen MR) is 58.5 cm³/mol. The summed E-state index contributed by atoms with van der Waals surface area (Å²) >= 11 is 0. The van der Waals surface area contributed by atoms with Crippen LogP contribution >= 0.6 is 0 Å². The van der Waals surface area contributed by atoms with Gasteiger partial charge in [-0.25, -0.2) is 0 Å². The van der Waals surface area contributed by atoms with E-state index in [-0.39, 0.29) is 24.5 Å². The van der Waals surface area contributed by atoms with Crippen LogP contribution in [0.15, 0.2) is 24.3 Å². The molecule has 4 nitrogen and oxygen atoms in total. The number of amides is 1. The molecule has 0 atom stereocenters. The molecule has 1 rings (SSSR count). The molecule has 0 bridgehead atoms. The van der Waals surface area contributed by atoms with Crippen LogP contribution in [0.4, 0.5) is 0 Å². The molecule has 5 heteroatoms. The molecule has 16 heavy (non-hydrogen) atoms. The summed E-state index contributed by atoms with van der Waals surface area (Å²) in [7, 11) is 1.62. The number of hydrogen-bond acceptors (Lipinski definition) is 3. The second kappa shape index (κ2) is 8.22. The molecule has 0 fully saturated rings. The first kappa shape index (κ1) is 15.0. The molecule has 1 amide bonds. The monoisotopic (exact) mass is 259 g/mol. The van der Waals surface area contributed by atoms with Gasteiger partial charge in [-0.15, -0.1) is 0 Å². The third-order valence-corrected chi connectivity index (χ3v) is 2.02. The molecule has 1 aromatic carbocycles. The van der Waals surface area contributed by atoms with E-state index < -0.39 is 0 Å². The Kier molecular flexibility index (Phi) is 7.72. The maximum Gasteiger partial charge on any atom is 0.221 e. The topological polar surface area (TPSA) is 64.3 Å². The zero-order valence-corrected chi connectivity index (χ0v) is 10.7. The SMILES string of the molecule is COc1ccc(CNC(=O)CCN)cc1.[V]. The maximum absolute atomic E-state index is 11.1. The Balaban J connectivity index is 0.00000225. The minimum absolute atomic E-state index is 0. The molecule has 3 N–H and O–H groups in total. The summed E-state index contributed by atoms with van der Waals surface area (Å²) in [4.78, 5) is 11.1. The Morgan fingerprint density at radius 1 is 1.38 bits per heavy atom. The van der Waals surface area contributed by atoms with Crippen molar-refractivity contribution in [3.63, 3.8) is 0 Å². The molecule has 1 aromatic rings. The maximum atomic E-state index is 11.1. The molecule has 0 heterocycles. The summed E-state index contributed by atoms with van der Waals surface area (Å²) in [5.41, 5.74) is 6.30. The Morgan fingerprint density at radius 3 is 2.50 bits per heavy atom. The van der Waals surface area contributed by atoms with Crippen molar-refractivity contribution in [2.75, 3.05) is 13.7 Å². The molecule has 0 aliphatic heterocycles. The van der Waals surface area contributed by atoms with E-state index in [0.29, 0.717) is 19.5 Å². The van der Waals surface area contributed by atoms with Crippen LogP contribution in [0.3, 0.4) is 0 Å². The molecule has 0 unspecified atom stereocenters. The molecular formula is C11H16N2O2V. The van der Waals surface area contributed by atoms with Crippen molar-refractivity contribution >= 4 is 5.91 Å². The van der Waals surface area contributed by atoms with E-state index in [0.717, 1.165) is 11.3 Å². The molecule has 0 aromatic heterocycles. The summed E-state index contributed by atoms with van der Waals surface area (Å²) in [6, 6.07) is 7.57. The van der Waals surface area contributed by atoms with Crippen molar-refractivity contribution in [2.24, 2.45) is 5.73 Å². The number of carbonyl (C=O) groups excluding carboxylic acids is 1. The van der Waals surface area contributed by atoms with Crippen molar-refractivity contribution in [1.29, 1.82) is 0 Å². The Labute approximate surface area is 107 Å². The Hall–Kier alpha value is -0.966. The zero-order chi connectivity index (χ0) is 11.1. The average molecular weight is 259 g/mol. The second-order valence-electron chi connectivity index (χ2n) is 3.16. The minimum atomic E-state index is -0.0201. The van der Waals surface area contributed by atoms with Crippen LogP contribution in [-0.4, -0.2) is 19.6 Å². The summed E-state index contributed by atoms with van der Waals surface area (Å²) in [5.74, 6) is 0.792. The van der Waals surface area contributed by atoms with Crippen molar-refractivity contribution in [1.82, 2.24) is 5.32 Å². The van der Waals surface area contributed by atoms with Gasteiger partial charge in [-0.3, -0.25) is 4.79 Å². The number of ether oxygens (including phenoxy) is 1. The van der Waals surface area contributed by atoms with Crippen molar-refractivity contribution in [2.45, 2.75) is 13.0 Å². The van der Waals surface area contributed by atoms with E-state index in [2.05, 4.69) is 5.32 Å². The summed E-state index contributed by atoms with van der Waals surface area (Å²) in [5, 5.41) is 2.78. The predicted octanol–water partition coefficient (Wildman–Crippen LogP) is 0.658. The molecule has 87 valence electrons. The number of nitrogens with one attached hydrogen (secondary N) is 1. The number of benzene rings is 1. The van der Waals surface area contributed by atoms with E-state index in [1.54, 1.807) is 7.11 Å². The third kappa shape index (κ3) is 5.21. The van der Waals surface area contributed by atoms with Gasteiger partial charge in [0.05, 0.1) is 7.11 Å². The van der Waals surface area contributed by atoms with Gasteiger partial charge in [-0.05, 0) is 17.7 Å². The molecule has 0 aliphatic rings. The van der Waals surface area contributed by atoms with Crippen molar-refractivity contribution < 1.29 is 28.1 Å². The quantitative estimate of drug-likeness (QED) is 0.816. The first-order valence-corrected chi connectivity index (χ1v) is 4.86. The first-order chi connectivity index (χ1) is 7.26. The first-order valence-electron chi connectivity index (χ1n) is 4.86. The standard InChI is InChI=1S/C11H16N2O2.V/c1-15-10-4-2-9(3-5-10)8-13-11(14)6-7-12;/h2-5H,6-8,12H2,1H3,(H,13,14);. The van der Waals surface area contributed by atoms with E-state index in [4.69, 9.17) is 10.5 Å². The summed E-state index contributed by atoms with van der Waals surface area (Å²) in [6.07, 6.45) is 0.371. The van der Waals surface area contributed by atoms with Crippen molar-refractivity contribution in [3.8, 4) is 5.75 Å². The minimum Gasteiger partial charge on any atom is -0.497 e. The normalized spacial score (nSPS) is 9.12. The Morgan fingerprint density at radius 2 is 2.00 bits per heavy atom. The van der Waals surface area contributed by atoms with Crippen LogP contribution in [0.25, 0.3) is 0 Å². The molecule has 0 aliphatic carbocycles. The third-order valence-electron chi connectivity index (χ3n) is 2.02. The van der Waals surface area contributed by atoms with Gasteiger partial charge in [0.2, 0.25) is 5.91 Å². The van der Waals surface area contributed by atoms with Gasteiger partial charge in [-0.1, -0.05) is 12.1 Å². The van der Waals surface area contributed by atoms with E-state index in [1.807, 2.05) is 24.3 Å². The van der Waals surface area contributed by atoms with Crippen LogP contribution in [0.1, 0.15) is 12.0 Å². The molecule has 1 radical (unpaired) electrons. The number of nitrogens with two attached hydrogens (primary N) is 1. The Bertz CT molecular complexity index is 314. The molecule has 0 saturated heterocycles. The fraction of sp³-hybridized carbons (Fsp3) is 0.364. The van der Waals surface area contributed by atoms with Gasteiger partial charge in [0.1, 0.15) is 5.75 Å². The fourth-order valence-electron chi connectivity index (χ4n) is 1.16. The van der Waals surface area contributed by atoms with Gasteiger partial charge >= 0.3 is 0 Å². The van der Waals surface area contributed by atoms with E-state index in [1.165, 1.54) is 0 Å². The van der Waals surface area contributed by atoms with Crippen LogP contribution in [0, 0.1) is 0 Å². The summed E-state index contributed by atoms with van der Waals surface area (Å²) in [6.45, 7) is 0.914. The van der Waals surface area contributed by atoms with Gasteiger partial charge < -0.3 is 15.8 Å². The van der Waals surface area contributed by atoms with Crippen LogP contribution < -0.4 is 15.8 Å². The second-order valence-corrected chi connectivity index (χ2v) is 3.16. The molecule has 0 spiro atoms. The van der Waals surface area contributed by atoms with Crippen LogP contribution in [0.2, 0.25) is 0 Å². The van der Waals surface area contributed by atoms with E-state index >= 15 is 0 Å². The van der Waals surface area contributed by atoms with Gasteiger partial charge in [-0.2, -0.15) is 0 Å². The molecular weight excluding hydrogens is 243 g/mol. The average Bonchev–Trinajstić information content (AvgIpc) is 2.27. The molecule has 0 saturated carbocycles. The van der Waals surface area contributed by atoms with Crippen LogP contribution in [0.5, 0.6) is 5.75 Å². The largest absolute Gasteiger partial charge is 0.497 e. The van der Waals surface area contributed by atoms with Crippen LogP contribution in [-0.2, 0) is 29.9 Å². The number of carbonyl (C=O) groups is 1. The van der Waals surface area contributed by atoms with E-state index in [9.17, 15) is 4.79 Å². The smallest absolute Gasteiger partial charge is 0.221 e. The number of rotatable bonds is 5. The van der Waals surface area contributed by atoms with Gasteiger partial charge in [0, 0.05) is 38.1 Å². The zero-order valence-electron chi connectivity index (χ0n) is 9.27.